The molecule has 1 N–H and O–H groups in total. The third-order valence-corrected chi connectivity index (χ3v) is 5.13. The van der Waals surface area contributed by atoms with Gasteiger partial charge in [0.1, 0.15) is 18.1 Å². The quantitative estimate of drug-likeness (QED) is 0.251. The standard InChI is InChI=1S/C26H34O6/c1-4-5-6-10-22(28)17-23(29)14-12-20-13-15-25(26(16-20)30-3)31-18-21-9-7-8-11-24(21)32-19(2)27/h7-9,11,13,15-16,22,28H,4-6,10,12,14,17-18H2,1-3H3. The van der Waals surface area contributed by atoms with E-state index in [1.807, 2.05) is 30.3 Å². The summed E-state index contributed by atoms with van der Waals surface area (Å²) in [6.07, 6.45) is 4.43. The Morgan fingerprint density at radius 1 is 1.03 bits per heavy atom. The number of hydrogen-bond acceptors (Lipinski definition) is 6. The highest BCUT2D eigenvalue weighted by Gasteiger charge is 2.13. The maximum absolute atomic E-state index is 12.2. The van der Waals surface area contributed by atoms with Crippen LogP contribution in [0.1, 0.15) is 63.5 Å². The number of carbonyl (C=O) groups is 2. The summed E-state index contributed by atoms with van der Waals surface area (Å²) in [4.78, 5) is 23.5. The second-order valence-corrected chi connectivity index (χ2v) is 7.87. The Labute approximate surface area is 190 Å². The fourth-order valence-electron chi connectivity index (χ4n) is 3.40. The zero-order valence-corrected chi connectivity index (χ0v) is 19.3. The number of ether oxygens (including phenoxy) is 3. The summed E-state index contributed by atoms with van der Waals surface area (Å²) in [5.74, 6) is 1.27. The number of ketones is 1. The van der Waals surface area contributed by atoms with Crippen molar-refractivity contribution in [3.63, 3.8) is 0 Å². The van der Waals surface area contributed by atoms with Crippen molar-refractivity contribution in [3.05, 3.63) is 53.6 Å². The van der Waals surface area contributed by atoms with Gasteiger partial charge in [-0.3, -0.25) is 9.59 Å². The molecule has 0 fully saturated rings. The summed E-state index contributed by atoms with van der Waals surface area (Å²) in [6.45, 7) is 3.69. The van der Waals surface area contributed by atoms with Gasteiger partial charge >= 0.3 is 5.97 Å². The number of rotatable bonds is 14. The Hall–Kier alpha value is -2.86. The van der Waals surface area contributed by atoms with Crippen LogP contribution in [0.2, 0.25) is 0 Å². The van der Waals surface area contributed by atoms with Crippen LogP contribution < -0.4 is 14.2 Å². The maximum atomic E-state index is 12.2. The highest BCUT2D eigenvalue weighted by atomic mass is 16.5. The number of aryl methyl sites for hydroxylation is 1. The van der Waals surface area contributed by atoms with Crippen LogP contribution in [0.3, 0.4) is 0 Å². The van der Waals surface area contributed by atoms with Gasteiger partial charge in [0.25, 0.3) is 0 Å². The smallest absolute Gasteiger partial charge is 0.308 e. The highest BCUT2D eigenvalue weighted by molar-refractivity contribution is 5.79. The van der Waals surface area contributed by atoms with E-state index in [-0.39, 0.29) is 24.8 Å². The monoisotopic (exact) mass is 442 g/mol. The predicted molar refractivity (Wildman–Crippen MR) is 123 cm³/mol. The highest BCUT2D eigenvalue weighted by Crippen LogP contribution is 2.30. The number of aliphatic hydroxyl groups excluding tert-OH is 1. The van der Waals surface area contributed by atoms with E-state index in [0.29, 0.717) is 36.5 Å². The number of carbonyl (C=O) groups excluding carboxylic acids is 2. The number of hydrogen-bond donors (Lipinski definition) is 1. The number of benzene rings is 2. The Morgan fingerprint density at radius 2 is 1.81 bits per heavy atom. The summed E-state index contributed by atoms with van der Waals surface area (Å²) in [7, 11) is 1.57. The van der Waals surface area contributed by atoms with Gasteiger partial charge in [0, 0.05) is 25.3 Å². The average molecular weight is 443 g/mol. The molecule has 32 heavy (non-hydrogen) atoms. The van der Waals surface area contributed by atoms with Crippen molar-refractivity contribution in [2.75, 3.05) is 7.11 Å². The first-order valence-corrected chi connectivity index (χ1v) is 11.2. The molecule has 0 spiro atoms. The van der Waals surface area contributed by atoms with Gasteiger partial charge < -0.3 is 19.3 Å². The van der Waals surface area contributed by atoms with Crippen molar-refractivity contribution in [1.29, 1.82) is 0 Å². The summed E-state index contributed by atoms with van der Waals surface area (Å²) in [5.41, 5.74) is 1.71. The summed E-state index contributed by atoms with van der Waals surface area (Å²) < 4.78 is 16.6. The van der Waals surface area contributed by atoms with Gasteiger partial charge in [-0.1, -0.05) is 50.5 Å². The van der Waals surface area contributed by atoms with Gasteiger partial charge in [-0.2, -0.15) is 0 Å². The molecule has 0 amide bonds. The summed E-state index contributed by atoms with van der Waals surface area (Å²) >= 11 is 0. The van der Waals surface area contributed by atoms with Gasteiger partial charge in [-0.15, -0.1) is 0 Å². The summed E-state index contributed by atoms with van der Waals surface area (Å²) in [5, 5.41) is 10.00. The van der Waals surface area contributed by atoms with Gasteiger partial charge in [0.05, 0.1) is 13.2 Å². The van der Waals surface area contributed by atoms with Crippen LogP contribution in [0.4, 0.5) is 0 Å². The lowest BCUT2D eigenvalue weighted by Crippen LogP contribution is -2.13. The van der Waals surface area contributed by atoms with Crippen molar-refractivity contribution in [2.45, 2.75) is 71.5 Å². The lowest BCUT2D eigenvalue weighted by atomic mass is 10.0. The Balaban J connectivity index is 1.91. The molecule has 0 saturated carbocycles. The molecule has 2 aromatic rings. The number of methoxy groups -OCH3 is 1. The largest absolute Gasteiger partial charge is 0.493 e. The molecule has 174 valence electrons. The topological polar surface area (TPSA) is 82.1 Å². The molecule has 0 radical (unpaired) electrons. The molecule has 0 aromatic heterocycles. The van der Waals surface area contributed by atoms with Crippen molar-refractivity contribution in [2.24, 2.45) is 0 Å². The molecule has 0 saturated heterocycles. The van der Waals surface area contributed by atoms with Gasteiger partial charge in [-0.05, 0) is 36.6 Å². The van der Waals surface area contributed by atoms with E-state index < -0.39 is 6.10 Å². The molecule has 6 heteroatoms. The molecule has 0 aliphatic rings. The minimum absolute atomic E-state index is 0.0652. The van der Waals surface area contributed by atoms with Gasteiger partial charge in [0.15, 0.2) is 11.5 Å². The van der Waals surface area contributed by atoms with Crippen LogP contribution in [0.25, 0.3) is 0 Å². The molecule has 0 aliphatic carbocycles. The zero-order valence-electron chi connectivity index (χ0n) is 19.3. The van der Waals surface area contributed by atoms with Crippen molar-refractivity contribution in [3.8, 4) is 17.2 Å². The molecule has 2 aromatic carbocycles. The summed E-state index contributed by atoms with van der Waals surface area (Å²) in [6, 6.07) is 12.8. The van der Waals surface area contributed by atoms with E-state index in [1.165, 1.54) is 6.92 Å². The van der Waals surface area contributed by atoms with Crippen LogP contribution in [-0.2, 0) is 22.6 Å². The predicted octanol–water partition coefficient (Wildman–Crippen LogP) is 5.03. The van der Waals surface area contributed by atoms with Crippen molar-refractivity contribution < 1.29 is 28.9 Å². The van der Waals surface area contributed by atoms with E-state index in [2.05, 4.69) is 6.92 Å². The van der Waals surface area contributed by atoms with Crippen LogP contribution in [0.5, 0.6) is 17.2 Å². The van der Waals surface area contributed by atoms with E-state index >= 15 is 0 Å². The second-order valence-electron chi connectivity index (χ2n) is 7.87. The van der Waals surface area contributed by atoms with Crippen LogP contribution in [0.15, 0.2) is 42.5 Å². The molecule has 0 bridgehead atoms. The fourth-order valence-corrected chi connectivity index (χ4v) is 3.40. The number of unbranched alkanes of at least 4 members (excludes halogenated alkanes) is 2. The fraction of sp³-hybridized carbons (Fsp3) is 0.462. The lowest BCUT2D eigenvalue weighted by molar-refractivity contribution is -0.132. The number of Topliss-reactive ketones (excluding diaryl/α,β-unsaturated/α-hetero) is 1. The van der Waals surface area contributed by atoms with E-state index in [4.69, 9.17) is 14.2 Å². The van der Waals surface area contributed by atoms with Gasteiger partial charge in [0.2, 0.25) is 0 Å². The maximum Gasteiger partial charge on any atom is 0.308 e. The zero-order chi connectivity index (χ0) is 23.3. The first-order chi connectivity index (χ1) is 15.4. The Kier molecular flexibility index (Phi) is 10.7. The number of aliphatic hydroxyl groups is 1. The minimum Gasteiger partial charge on any atom is -0.493 e. The first-order valence-electron chi connectivity index (χ1n) is 11.2. The average Bonchev–Trinajstić information content (AvgIpc) is 2.77. The molecule has 6 nitrogen and oxygen atoms in total. The van der Waals surface area contributed by atoms with Crippen LogP contribution >= 0.6 is 0 Å². The van der Waals surface area contributed by atoms with E-state index in [1.54, 1.807) is 19.2 Å². The third-order valence-electron chi connectivity index (χ3n) is 5.13. The Morgan fingerprint density at radius 3 is 2.53 bits per heavy atom. The lowest BCUT2D eigenvalue weighted by Gasteiger charge is -2.14. The number of esters is 1. The van der Waals surface area contributed by atoms with Crippen molar-refractivity contribution in [1.82, 2.24) is 0 Å². The first kappa shape index (κ1) is 25.4. The van der Waals surface area contributed by atoms with Crippen molar-refractivity contribution >= 4 is 11.8 Å². The normalized spacial score (nSPS) is 11.6. The molecule has 1 atom stereocenters. The minimum atomic E-state index is -0.547. The SMILES string of the molecule is CCCCCC(O)CC(=O)CCc1ccc(OCc2ccccc2OC(C)=O)c(OC)c1. The number of para-hydroxylation sites is 1. The van der Waals surface area contributed by atoms with E-state index in [0.717, 1.165) is 30.4 Å². The molecular formula is C26H34O6. The van der Waals surface area contributed by atoms with Crippen LogP contribution in [0, 0.1) is 0 Å². The molecule has 0 heterocycles. The second kappa shape index (κ2) is 13.5. The Bertz CT molecular complexity index is 876. The molecular weight excluding hydrogens is 408 g/mol. The van der Waals surface area contributed by atoms with Crippen LogP contribution in [-0.4, -0.2) is 30.1 Å². The molecule has 2 rings (SSSR count). The van der Waals surface area contributed by atoms with Gasteiger partial charge in [-0.25, -0.2) is 0 Å². The third kappa shape index (κ3) is 8.71. The molecule has 0 aliphatic heterocycles. The van der Waals surface area contributed by atoms with E-state index in [9.17, 15) is 14.7 Å². The molecule has 1 unspecified atom stereocenters.